The minimum atomic E-state index is -0.0472. The van der Waals surface area contributed by atoms with Crippen LogP contribution in [-0.4, -0.2) is 10.9 Å². The third kappa shape index (κ3) is 4.51. The highest BCUT2D eigenvalue weighted by atomic mass is 16.4. The molecule has 0 saturated carbocycles. The molecule has 0 saturated heterocycles. The number of nitrogens with zero attached hydrogens (tertiary/aromatic N) is 1. The van der Waals surface area contributed by atoms with Gasteiger partial charge in [-0.25, -0.2) is 4.98 Å². The van der Waals surface area contributed by atoms with Gasteiger partial charge in [-0.05, 0) is 19.9 Å². The van der Waals surface area contributed by atoms with Crippen LogP contribution in [0.2, 0.25) is 0 Å². The average Bonchev–Trinajstić information content (AvgIpc) is 3.34. The number of benzene rings is 2. The molecule has 2 heterocycles. The number of furan rings is 1. The van der Waals surface area contributed by atoms with Gasteiger partial charge in [0.2, 0.25) is 5.91 Å². The van der Waals surface area contributed by atoms with E-state index in [9.17, 15) is 4.79 Å². The molecule has 5 heteroatoms. The fraction of sp³-hybridized carbons (Fsp3) is 0.200. The number of carbonyl (C=O) groups excluding carboxylic acids is 1. The van der Waals surface area contributed by atoms with Crippen molar-refractivity contribution in [2.75, 3.05) is 0 Å². The summed E-state index contributed by atoms with van der Waals surface area (Å²) >= 11 is 0. The van der Waals surface area contributed by atoms with E-state index in [4.69, 9.17) is 13.8 Å². The lowest BCUT2D eigenvalue weighted by Crippen LogP contribution is -2.23. The molecule has 4 rings (SSSR count). The Morgan fingerprint density at radius 2 is 1.60 bits per heavy atom. The van der Waals surface area contributed by atoms with Crippen molar-refractivity contribution in [3.63, 3.8) is 0 Å². The first-order chi connectivity index (χ1) is 14.6. The van der Waals surface area contributed by atoms with Gasteiger partial charge in [-0.2, -0.15) is 0 Å². The number of carbonyl (C=O) groups is 1. The van der Waals surface area contributed by atoms with Crippen molar-refractivity contribution in [1.82, 2.24) is 10.3 Å². The molecule has 152 valence electrons. The van der Waals surface area contributed by atoms with Gasteiger partial charge in [0.15, 0.2) is 11.7 Å². The van der Waals surface area contributed by atoms with Crippen LogP contribution >= 0.6 is 0 Å². The van der Waals surface area contributed by atoms with E-state index in [-0.39, 0.29) is 5.91 Å². The standard InChI is InChI=1S/C25H24N2O3/c1-17-15-21(18(2)29-17)16-26-22(28)13-14-23-27-24(19-9-5-3-6-10-19)25(30-23)20-11-7-4-8-12-20/h3-12,15H,13-14,16H2,1-2H3,(H,26,28). The molecule has 0 spiro atoms. The van der Waals surface area contributed by atoms with E-state index in [1.807, 2.05) is 80.6 Å². The Balaban J connectivity index is 1.47. The lowest BCUT2D eigenvalue weighted by atomic mass is 10.1. The topological polar surface area (TPSA) is 68.3 Å². The Labute approximate surface area is 175 Å². The zero-order valence-corrected chi connectivity index (χ0v) is 17.1. The van der Waals surface area contributed by atoms with Crippen LogP contribution in [0.3, 0.4) is 0 Å². The van der Waals surface area contributed by atoms with Gasteiger partial charge >= 0.3 is 0 Å². The third-order valence-electron chi connectivity index (χ3n) is 4.94. The van der Waals surface area contributed by atoms with Crippen LogP contribution in [0.5, 0.6) is 0 Å². The van der Waals surface area contributed by atoms with Gasteiger partial charge in [0.1, 0.15) is 17.2 Å². The number of rotatable bonds is 7. The minimum Gasteiger partial charge on any atom is -0.466 e. The van der Waals surface area contributed by atoms with Gasteiger partial charge in [0.25, 0.3) is 0 Å². The summed E-state index contributed by atoms with van der Waals surface area (Å²) in [7, 11) is 0. The zero-order chi connectivity index (χ0) is 20.9. The Bertz CT molecular complexity index is 1070. The summed E-state index contributed by atoms with van der Waals surface area (Å²) in [5, 5.41) is 2.94. The Morgan fingerprint density at radius 3 is 2.23 bits per heavy atom. The summed E-state index contributed by atoms with van der Waals surface area (Å²) in [6.45, 7) is 4.26. The normalized spacial score (nSPS) is 10.9. The molecule has 0 aliphatic rings. The number of oxazole rings is 1. The number of nitrogens with one attached hydrogen (secondary N) is 1. The van der Waals surface area contributed by atoms with Crippen molar-refractivity contribution < 1.29 is 13.6 Å². The molecule has 0 aliphatic carbocycles. The van der Waals surface area contributed by atoms with Gasteiger partial charge in [-0.15, -0.1) is 0 Å². The maximum absolute atomic E-state index is 12.3. The second kappa shape index (κ2) is 8.82. The maximum atomic E-state index is 12.3. The average molecular weight is 400 g/mol. The van der Waals surface area contributed by atoms with Crippen molar-refractivity contribution >= 4 is 5.91 Å². The molecular formula is C25H24N2O3. The van der Waals surface area contributed by atoms with Crippen LogP contribution in [0.1, 0.15) is 29.4 Å². The monoisotopic (exact) mass is 400 g/mol. The number of hydrogen-bond donors (Lipinski definition) is 1. The highest BCUT2D eigenvalue weighted by molar-refractivity contribution is 5.77. The van der Waals surface area contributed by atoms with Crippen LogP contribution in [0.15, 0.2) is 75.6 Å². The fourth-order valence-electron chi connectivity index (χ4n) is 3.41. The van der Waals surface area contributed by atoms with E-state index < -0.39 is 0 Å². The van der Waals surface area contributed by atoms with E-state index in [1.165, 1.54) is 0 Å². The molecule has 0 radical (unpaired) electrons. The Morgan fingerprint density at radius 1 is 0.933 bits per heavy atom. The maximum Gasteiger partial charge on any atom is 0.220 e. The van der Waals surface area contributed by atoms with Crippen molar-refractivity contribution in [3.8, 4) is 22.6 Å². The van der Waals surface area contributed by atoms with Crippen molar-refractivity contribution in [2.45, 2.75) is 33.2 Å². The van der Waals surface area contributed by atoms with Crippen LogP contribution in [0.4, 0.5) is 0 Å². The van der Waals surface area contributed by atoms with Gasteiger partial charge < -0.3 is 14.2 Å². The third-order valence-corrected chi connectivity index (χ3v) is 4.94. The zero-order valence-electron chi connectivity index (χ0n) is 17.1. The summed E-state index contributed by atoms with van der Waals surface area (Å²) in [5.41, 5.74) is 3.74. The quantitative estimate of drug-likeness (QED) is 0.447. The lowest BCUT2D eigenvalue weighted by Gasteiger charge is -2.03. The van der Waals surface area contributed by atoms with Crippen molar-refractivity contribution in [3.05, 3.63) is 89.7 Å². The van der Waals surface area contributed by atoms with Gasteiger partial charge in [-0.3, -0.25) is 4.79 Å². The van der Waals surface area contributed by atoms with Crippen LogP contribution in [-0.2, 0) is 17.8 Å². The molecule has 30 heavy (non-hydrogen) atoms. The Kier molecular flexibility index (Phi) is 5.80. The van der Waals surface area contributed by atoms with E-state index in [0.717, 1.165) is 39.7 Å². The predicted octanol–water partition coefficient (Wildman–Crippen LogP) is 5.47. The summed E-state index contributed by atoms with van der Waals surface area (Å²) in [5.74, 6) is 2.91. The summed E-state index contributed by atoms with van der Waals surface area (Å²) in [6, 6.07) is 21.8. The van der Waals surface area contributed by atoms with Gasteiger partial charge in [0.05, 0.1) is 0 Å². The number of amides is 1. The molecule has 5 nitrogen and oxygen atoms in total. The highest BCUT2D eigenvalue weighted by Crippen LogP contribution is 2.32. The highest BCUT2D eigenvalue weighted by Gasteiger charge is 2.17. The summed E-state index contributed by atoms with van der Waals surface area (Å²) in [6.07, 6.45) is 0.737. The molecule has 0 unspecified atom stereocenters. The summed E-state index contributed by atoms with van der Waals surface area (Å²) in [4.78, 5) is 17.0. The van der Waals surface area contributed by atoms with E-state index in [2.05, 4.69) is 5.32 Å². The predicted molar refractivity (Wildman–Crippen MR) is 116 cm³/mol. The molecule has 2 aromatic heterocycles. The molecule has 0 aliphatic heterocycles. The first-order valence-corrected chi connectivity index (χ1v) is 10.0. The van der Waals surface area contributed by atoms with Crippen LogP contribution in [0.25, 0.3) is 22.6 Å². The molecule has 2 aromatic carbocycles. The van der Waals surface area contributed by atoms with Gasteiger partial charge in [0, 0.05) is 36.1 Å². The number of aromatic nitrogens is 1. The number of hydrogen-bond acceptors (Lipinski definition) is 4. The second-order valence-electron chi connectivity index (χ2n) is 7.23. The summed E-state index contributed by atoms with van der Waals surface area (Å²) < 4.78 is 11.6. The Hall–Kier alpha value is -3.60. The minimum absolute atomic E-state index is 0.0472. The first-order valence-electron chi connectivity index (χ1n) is 10.0. The SMILES string of the molecule is Cc1cc(CNC(=O)CCc2nc(-c3ccccc3)c(-c3ccccc3)o2)c(C)o1. The largest absolute Gasteiger partial charge is 0.466 e. The molecule has 0 fully saturated rings. The molecule has 1 N–H and O–H groups in total. The fourth-order valence-corrected chi connectivity index (χ4v) is 3.41. The lowest BCUT2D eigenvalue weighted by molar-refractivity contribution is -0.121. The molecule has 0 bridgehead atoms. The van der Waals surface area contributed by atoms with E-state index in [1.54, 1.807) is 0 Å². The van der Waals surface area contributed by atoms with Gasteiger partial charge in [-0.1, -0.05) is 60.7 Å². The van der Waals surface area contributed by atoms with Crippen LogP contribution < -0.4 is 5.32 Å². The number of aryl methyl sites for hydroxylation is 3. The van der Waals surface area contributed by atoms with E-state index >= 15 is 0 Å². The molecule has 1 amide bonds. The molecule has 0 atom stereocenters. The van der Waals surface area contributed by atoms with Crippen molar-refractivity contribution in [2.24, 2.45) is 0 Å². The van der Waals surface area contributed by atoms with Crippen LogP contribution in [0, 0.1) is 13.8 Å². The molecule has 4 aromatic rings. The molecular weight excluding hydrogens is 376 g/mol. The smallest absolute Gasteiger partial charge is 0.220 e. The second-order valence-corrected chi connectivity index (χ2v) is 7.23. The first kappa shape index (κ1) is 19.7. The van der Waals surface area contributed by atoms with E-state index in [0.29, 0.717) is 25.3 Å². The van der Waals surface area contributed by atoms with Crippen molar-refractivity contribution in [1.29, 1.82) is 0 Å².